The minimum atomic E-state index is 0.556. The number of piperidine rings is 1. The second kappa shape index (κ2) is 4.46. The van der Waals surface area contributed by atoms with E-state index in [0.29, 0.717) is 6.04 Å². The maximum absolute atomic E-state index is 4.56. The summed E-state index contributed by atoms with van der Waals surface area (Å²) in [5, 5.41) is 1.25. The van der Waals surface area contributed by atoms with Crippen molar-refractivity contribution in [2.45, 2.75) is 25.3 Å². The van der Waals surface area contributed by atoms with Crippen molar-refractivity contribution in [2.24, 2.45) is 0 Å². The van der Waals surface area contributed by atoms with Crippen molar-refractivity contribution in [3.63, 3.8) is 0 Å². The summed E-state index contributed by atoms with van der Waals surface area (Å²) in [6.45, 7) is 1.21. The van der Waals surface area contributed by atoms with Gasteiger partial charge in [-0.3, -0.25) is 9.88 Å². The molecule has 1 aliphatic heterocycles. The minimum Gasteiger partial charge on any atom is -0.299 e. The van der Waals surface area contributed by atoms with Crippen molar-refractivity contribution in [1.29, 1.82) is 0 Å². The summed E-state index contributed by atoms with van der Waals surface area (Å²) in [4.78, 5) is 7.02. The van der Waals surface area contributed by atoms with Crippen molar-refractivity contribution in [3.05, 3.63) is 42.1 Å². The zero-order valence-electron chi connectivity index (χ0n) is 10.3. The Morgan fingerprint density at radius 3 is 3.00 bits per heavy atom. The van der Waals surface area contributed by atoms with Crippen LogP contribution in [0.1, 0.15) is 30.9 Å². The number of pyridine rings is 1. The van der Waals surface area contributed by atoms with Gasteiger partial charge in [0.25, 0.3) is 0 Å². The number of fused-ring (bicyclic) bond motifs is 1. The SMILES string of the molecule is CN1CCCC[C@H]1c1cnc2ccccc2c1. The van der Waals surface area contributed by atoms with Gasteiger partial charge in [0.1, 0.15) is 0 Å². The Hall–Kier alpha value is -1.41. The maximum Gasteiger partial charge on any atom is 0.0702 e. The number of rotatable bonds is 1. The molecule has 0 aliphatic carbocycles. The third kappa shape index (κ3) is 2.05. The highest BCUT2D eigenvalue weighted by atomic mass is 15.1. The van der Waals surface area contributed by atoms with Crippen LogP contribution in [0.15, 0.2) is 36.5 Å². The molecule has 17 heavy (non-hydrogen) atoms. The summed E-state index contributed by atoms with van der Waals surface area (Å²) in [5.41, 5.74) is 2.46. The summed E-state index contributed by atoms with van der Waals surface area (Å²) < 4.78 is 0. The van der Waals surface area contributed by atoms with E-state index < -0.39 is 0 Å². The van der Waals surface area contributed by atoms with E-state index >= 15 is 0 Å². The van der Waals surface area contributed by atoms with E-state index in [1.165, 1.54) is 36.8 Å². The maximum atomic E-state index is 4.56. The third-order valence-electron chi connectivity index (χ3n) is 3.77. The zero-order chi connectivity index (χ0) is 11.7. The molecule has 1 aromatic carbocycles. The molecule has 1 aromatic heterocycles. The smallest absolute Gasteiger partial charge is 0.0702 e. The largest absolute Gasteiger partial charge is 0.299 e. The van der Waals surface area contributed by atoms with Crippen molar-refractivity contribution < 1.29 is 0 Å². The molecule has 3 rings (SSSR count). The first kappa shape index (κ1) is 10.7. The van der Waals surface area contributed by atoms with Crippen LogP contribution >= 0.6 is 0 Å². The van der Waals surface area contributed by atoms with Gasteiger partial charge >= 0.3 is 0 Å². The lowest BCUT2D eigenvalue weighted by Gasteiger charge is -2.32. The number of para-hydroxylation sites is 1. The predicted molar refractivity (Wildman–Crippen MR) is 71.0 cm³/mol. The van der Waals surface area contributed by atoms with Crippen LogP contribution in [0.5, 0.6) is 0 Å². The topological polar surface area (TPSA) is 16.1 Å². The standard InChI is InChI=1S/C15H18N2/c1-17-9-5-4-8-15(17)13-10-12-6-2-3-7-14(12)16-11-13/h2-3,6-7,10-11,15H,4-5,8-9H2,1H3/t15-/m0/s1. The first-order chi connectivity index (χ1) is 8.34. The molecule has 0 radical (unpaired) electrons. The average molecular weight is 226 g/mol. The number of aromatic nitrogens is 1. The van der Waals surface area contributed by atoms with E-state index in [-0.39, 0.29) is 0 Å². The average Bonchev–Trinajstić information content (AvgIpc) is 2.39. The Labute approximate surface area is 102 Å². The normalized spacial score (nSPS) is 21.8. The Balaban J connectivity index is 1.99. The molecule has 2 heteroatoms. The van der Waals surface area contributed by atoms with Crippen LogP contribution in [0, 0.1) is 0 Å². The van der Waals surface area contributed by atoms with Gasteiger partial charge in [0.15, 0.2) is 0 Å². The molecule has 0 amide bonds. The van der Waals surface area contributed by atoms with Crippen LogP contribution in [-0.2, 0) is 0 Å². The van der Waals surface area contributed by atoms with Crippen molar-refractivity contribution in [3.8, 4) is 0 Å². The molecular weight excluding hydrogens is 208 g/mol. The van der Waals surface area contributed by atoms with Gasteiger partial charge in [0, 0.05) is 17.6 Å². The molecule has 88 valence electrons. The van der Waals surface area contributed by atoms with Gasteiger partial charge in [-0.1, -0.05) is 24.6 Å². The lowest BCUT2D eigenvalue weighted by atomic mass is 9.96. The monoisotopic (exact) mass is 226 g/mol. The fourth-order valence-corrected chi connectivity index (χ4v) is 2.77. The number of hydrogen-bond acceptors (Lipinski definition) is 2. The Morgan fingerprint density at radius 2 is 2.12 bits per heavy atom. The fourth-order valence-electron chi connectivity index (χ4n) is 2.77. The molecule has 2 heterocycles. The number of benzene rings is 1. The lowest BCUT2D eigenvalue weighted by Crippen LogP contribution is -2.29. The van der Waals surface area contributed by atoms with Gasteiger partial charge in [-0.2, -0.15) is 0 Å². The van der Waals surface area contributed by atoms with Crippen LogP contribution in [0.25, 0.3) is 10.9 Å². The number of nitrogens with zero attached hydrogens (tertiary/aromatic N) is 2. The van der Waals surface area contributed by atoms with Gasteiger partial charge < -0.3 is 0 Å². The fraction of sp³-hybridized carbons (Fsp3) is 0.400. The first-order valence-corrected chi connectivity index (χ1v) is 6.39. The van der Waals surface area contributed by atoms with Crippen LogP contribution in [-0.4, -0.2) is 23.5 Å². The predicted octanol–water partition coefficient (Wildman–Crippen LogP) is 3.39. The molecule has 0 saturated carbocycles. The van der Waals surface area contributed by atoms with Crippen molar-refractivity contribution >= 4 is 10.9 Å². The van der Waals surface area contributed by atoms with E-state index in [4.69, 9.17) is 0 Å². The third-order valence-corrected chi connectivity index (χ3v) is 3.77. The Kier molecular flexibility index (Phi) is 2.81. The molecule has 1 atom stereocenters. The molecular formula is C15H18N2. The van der Waals surface area contributed by atoms with Gasteiger partial charge in [-0.25, -0.2) is 0 Å². The van der Waals surface area contributed by atoms with Crippen LogP contribution in [0.4, 0.5) is 0 Å². The van der Waals surface area contributed by atoms with E-state index in [1.54, 1.807) is 0 Å². The Bertz CT molecular complexity index is 521. The Morgan fingerprint density at radius 1 is 1.24 bits per heavy atom. The molecule has 1 fully saturated rings. The van der Waals surface area contributed by atoms with Gasteiger partial charge in [-0.15, -0.1) is 0 Å². The summed E-state index contributed by atoms with van der Waals surface area (Å²) in [5.74, 6) is 0. The molecule has 0 bridgehead atoms. The molecule has 0 N–H and O–H groups in total. The molecule has 1 aliphatic rings. The van der Waals surface area contributed by atoms with E-state index in [9.17, 15) is 0 Å². The van der Waals surface area contributed by atoms with Crippen molar-refractivity contribution in [1.82, 2.24) is 9.88 Å². The quantitative estimate of drug-likeness (QED) is 0.741. The highest BCUT2D eigenvalue weighted by Crippen LogP contribution is 2.30. The highest BCUT2D eigenvalue weighted by molar-refractivity contribution is 5.78. The molecule has 1 saturated heterocycles. The minimum absolute atomic E-state index is 0.556. The van der Waals surface area contributed by atoms with Gasteiger partial charge in [0.2, 0.25) is 0 Å². The van der Waals surface area contributed by atoms with Crippen LogP contribution in [0.2, 0.25) is 0 Å². The van der Waals surface area contributed by atoms with Crippen molar-refractivity contribution in [2.75, 3.05) is 13.6 Å². The van der Waals surface area contributed by atoms with Gasteiger partial charge in [-0.05, 0) is 44.1 Å². The first-order valence-electron chi connectivity index (χ1n) is 6.39. The highest BCUT2D eigenvalue weighted by Gasteiger charge is 2.20. The summed E-state index contributed by atoms with van der Waals surface area (Å²) in [6.07, 6.45) is 5.97. The number of hydrogen-bond donors (Lipinski definition) is 0. The summed E-state index contributed by atoms with van der Waals surface area (Å²) >= 11 is 0. The van der Waals surface area contributed by atoms with Gasteiger partial charge in [0.05, 0.1) is 5.52 Å². The summed E-state index contributed by atoms with van der Waals surface area (Å²) in [6, 6.07) is 11.2. The molecule has 0 unspecified atom stereocenters. The van der Waals surface area contributed by atoms with E-state index in [1.807, 2.05) is 6.07 Å². The zero-order valence-corrected chi connectivity index (χ0v) is 10.3. The second-order valence-electron chi connectivity index (χ2n) is 4.95. The van der Waals surface area contributed by atoms with Crippen LogP contribution in [0.3, 0.4) is 0 Å². The molecule has 2 aromatic rings. The molecule has 0 spiro atoms. The number of likely N-dealkylation sites (tertiary alicyclic amines) is 1. The summed E-state index contributed by atoms with van der Waals surface area (Å²) in [7, 11) is 2.22. The lowest BCUT2D eigenvalue weighted by molar-refractivity contribution is 0.187. The van der Waals surface area contributed by atoms with E-state index in [2.05, 4.69) is 47.4 Å². The second-order valence-corrected chi connectivity index (χ2v) is 4.95. The van der Waals surface area contributed by atoms with Crippen LogP contribution < -0.4 is 0 Å². The van der Waals surface area contributed by atoms with E-state index in [0.717, 1.165) is 5.52 Å². The molecule has 2 nitrogen and oxygen atoms in total.